The molecule has 1 aromatic carbocycles. The Labute approximate surface area is 146 Å². The van der Waals surface area contributed by atoms with Crippen LogP contribution in [0.1, 0.15) is 32.6 Å². The van der Waals surface area contributed by atoms with E-state index in [0.29, 0.717) is 17.6 Å². The molecular weight excluding hydrogens is 330 g/mol. The van der Waals surface area contributed by atoms with E-state index in [4.69, 9.17) is 11.6 Å². The molecule has 1 amide bonds. The van der Waals surface area contributed by atoms with Crippen LogP contribution in [0.15, 0.2) is 18.2 Å². The Morgan fingerprint density at radius 1 is 1.42 bits per heavy atom. The van der Waals surface area contributed by atoms with E-state index in [9.17, 15) is 14.9 Å². The van der Waals surface area contributed by atoms with E-state index in [0.717, 1.165) is 11.8 Å². The van der Waals surface area contributed by atoms with Crippen molar-refractivity contribution < 1.29 is 9.72 Å². The number of amides is 1. The number of nitro groups is 1. The maximum absolute atomic E-state index is 12.1. The summed E-state index contributed by atoms with van der Waals surface area (Å²) in [6.07, 6.45) is 5.31. The fourth-order valence-electron chi connectivity index (χ4n) is 4.22. The third-order valence-electron chi connectivity index (χ3n) is 5.46. The Balaban J connectivity index is 1.50. The molecule has 6 nitrogen and oxygen atoms in total. The van der Waals surface area contributed by atoms with E-state index in [1.807, 2.05) is 0 Å². The maximum Gasteiger partial charge on any atom is 0.271 e. The normalized spacial score (nSPS) is 26.3. The van der Waals surface area contributed by atoms with Gasteiger partial charge in [0.25, 0.3) is 5.69 Å². The van der Waals surface area contributed by atoms with Gasteiger partial charge in [0.2, 0.25) is 5.91 Å². The fraction of sp³-hybridized carbons (Fsp3) is 0.588. The number of carbonyl (C=O) groups excluding carboxylic acids is 1. The molecule has 4 atom stereocenters. The van der Waals surface area contributed by atoms with Gasteiger partial charge in [0.15, 0.2) is 0 Å². The molecule has 0 spiro atoms. The summed E-state index contributed by atoms with van der Waals surface area (Å²) in [7, 11) is 0. The Kier molecular flexibility index (Phi) is 5.06. The number of nitrogens with zero attached hydrogens (tertiary/aromatic N) is 1. The number of rotatable bonds is 6. The summed E-state index contributed by atoms with van der Waals surface area (Å²) in [5.41, 5.74) is 0.294. The van der Waals surface area contributed by atoms with Gasteiger partial charge in [0, 0.05) is 18.2 Å². The number of nitrogens with one attached hydrogen (secondary N) is 2. The zero-order valence-corrected chi connectivity index (χ0v) is 14.4. The number of fused-ring (bicyclic) bond motifs is 2. The lowest BCUT2D eigenvalue weighted by Crippen LogP contribution is -2.40. The summed E-state index contributed by atoms with van der Waals surface area (Å²) >= 11 is 5.99. The highest BCUT2D eigenvalue weighted by atomic mass is 35.5. The van der Waals surface area contributed by atoms with Crippen LogP contribution in [0.3, 0.4) is 0 Å². The Morgan fingerprint density at radius 3 is 2.79 bits per heavy atom. The summed E-state index contributed by atoms with van der Waals surface area (Å²) in [5.74, 6) is 2.17. The van der Waals surface area contributed by atoms with E-state index >= 15 is 0 Å². The molecule has 3 rings (SSSR count). The molecular formula is C17H22ClN3O3. The number of anilines is 1. The van der Waals surface area contributed by atoms with Crippen molar-refractivity contribution in [2.24, 2.45) is 17.8 Å². The van der Waals surface area contributed by atoms with Crippen molar-refractivity contribution >= 4 is 28.9 Å². The minimum atomic E-state index is -0.518. The molecule has 0 unspecified atom stereocenters. The van der Waals surface area contributed by atoms with Crippen LogP contribution < -0.4 is 10.6 Å². The molecule has 2 saturated carbocycles. The van der Waals surface area contributed by atoms with Gasteiger partial charge in [-0.2, -0.15) is 0 Å². The molecule has 2 aliphatic carbocycles. The number of nitro benzene ring substituents is 1. The van der Waals surface area contributed by atoms with Crippen molar-refractivity contribution in [2.75, 3.05) is 11.9 Å². The first-order chi connectivity index (χ1) is 11.4. The lowest BCUT2D eigenvalue weighted by molar-refractivity contribution is -0.384. The predicted molar refractivity (Wildman–Crippen MR) is 93.1 cm³/mol. The molecule has 0 aromatic heterocycles. The summed E-state index contributed by atoms with van der Waals surface area (Å²) in [6, 6.07) is 4.34. The van der Waals surface area contributed by atoms with Crippen molar-refractivity contribution in [1.82, 2.24) is 5.32 Å². The first kappa shape index (κ1) is 17.2. The van der Waals surface area contributed by atoms with Crippen molar-refractivity contribution in [1.29, 1.82) is 0 Å². The first-order valence-corrected chi connectivity index (χ1v) is 8.79. The topological polar surface area (TPSA) is 84.3 Å². The third-order valence-corrected chi connectivity index (χ3v) is 5.77. The monoisotopic (exact) mass is 351 g/mol. The van der Waals surface area contributed by atoms with E-state index in [2.05, 4.69) is 17.6 Å². The zero-order chi connectivity index (χ0) is 17.3. The van der Waals surface area contributed by atoms with Crippen LogP contribution in [0, 0.1) is 27.9 Å². The van der Waals surface area contributed by atoms with E-state index in [-0.39, 0.29) is 23.2 Å². The number of carbonyl (C=O) groups is 1. The summed E-state index contributed by atoms with van der Waals surface area (Å²) < 4.78 is 0. The van der Waals surface area contributed by atoms with E-state index < -0.39 is 4.92 Å². The van der Waals surface area contributed by atoms with Crippen molar-refractivity contribution in [3.05, 3.63) is 33.3 Å². The lowest BCUT2D eigenvalue weighted by Gasteiger charge is -2.28. The lowest BCUT2D eigenvalue weighted by atomic mass is 9.84. The smallest absolute Gasteiger partial charge is 0.271 e. The van der Waals surface area contributed by atoms with Crippen LogP contribution in [0.2, 0.25) is 5.02 Å². The molecule has 0 saturated heterocycles. The minimum absolute atomic E-state index is 0.0963. The Hall–Kier alpha value is -1.66. The van der Waals surface area contributed by atoms with Gasteiger partial charge in [-0.1, -0.05) is 18.0 Å². The molecule has 7 heteroatoms. The number of benzene rings is 1. The molecule has 2 aliphatic rings. The average molecular weight is 352 g/mol. The van der Waals surface area contributed by atoms with Gasteiger partial charge in [-0.05, 0) is 50.0 Å². The second-order valence-corrected chi connectivity index (χ2v) is 7.38. The van der Waals surface area contributed by atoms with Crippen LogP contribution in [-0.4, -0.2) is 23.4 Å². The molecule has 2 fully saturated rings. The van der Waals surface area contributed by atoms with Crippen LogP contribution in [0.25, 0.3) is 0 Å². The maximum atomic E-state index is 12.1. The van der Waals surface area contributed by atoms with Gasteiger partial charge < -0.3 is 10.6 Å². The highest BCUT2D eigenvalue weighted by Gasteiger charge is 2.41. The standard InChI is InChI=1S/C17H22ClN3O3/c1-10(14-7-11-2-3-12(14)6-11)19-9-17(22)20-16-5-4-13(21(23)24)8-15(16)18/h4-5,8,10-12,14,19H,2-3,6-7,9H2,1H3,(H,20,22)/t10-,11-,12-,14-/m0/s1. The van der Waals surface area contributed by atoms with Gasteiger partial charge in [0.1, 0.15) is 0 Å². The van der Waals surface area contributed by atoms with Gasteiger partial charge in [-0.3, -0.25) is 14.9 Å². The minimum Gasteiger partial charge on any atom is -0.324 e. The SMILES string of the molecule is C[C@H](NCC(=O)Nc1ccc([N+](=O)[O-])cc1Cl)[C@@H]1C[C@H]2CC[C@H]1C2. The van der Waals surface area contributed by atoms with E-state index in [1.54, 1.807) is 0 Å². The third kappa shape index (κ3) is 3.70. The highest BCUT2D eigenvalue weighted by molar-refractivity contribution is 6.34. The van der Waals surface area contributed by atoms with Crippen LogP contribution in [0.5, 0.6) is 0 Å². The van der Waals surface area contributed by atoms with Gasteiger partial charge in [0.05, 0.1) is 22.2 Å². The second kappa shape index (κ2) is 7.07. The molecule has 130 valence electrons. The Morgan fingerprint density at radius 2 is 2.21 bits per heavy atom. The van der Waals surface area contributed by atoms with Crippen LogP contribution in [-0.2, 0) is 4.79 Å². The molecule has 0 heterocycles. The first-order valence-electron chi connectivity index (χ1n) is 8.41. The summed E-state index contributed by atoms with van der Waals surface area (Å²) in [6.45, 7) is 2.36. The van der Waals surface area contributed by atoms with Crippen molar-refractivity contribution in [2.45, 2.75) is 38.6 Å². The van der Waals surface area contributed by atoms with Gasteiger partial charge >= 0.3 is 0 Å². The van der Waals surface area contributed by atoms with Crippen molar-refractivity contribution in [3.8, 4) is 0 Å². The summed E-state index contributed by atoms with van der Waals surface area (Å²) in [5, 5.41) is 16.9. The van der Waals surface area contributed by atoms with Gasteiger partial charge in [-0.15, -0.1) is 0 Å². The zero-order valence-electron chi connectivity index (χ0n) is 13.6. The number of non-ortho nitro benzene ring substituents is 1. The average Bonchev–Trinajstić information content (AvgIpc) is 3.17. The molecule has 2 N–H and O–H groups in total. The molecule has 0 radical (unpaired) electrons. The van der Waals surface area contributed by atoms with Gasteiger partial charge in [-0.25, -0.2) is 0 Å². The molecule has 24 heavy (non-hydrogen) atoms. The predicted octanol–water partition coefficient (Wildman–Crippen LogP) is 3.60. The Bertz CT molecular complexity index is 652. The summed E-state index contributed by atoms with van der Waals surface area (Å²) in [4.78, 5) is 22.3. The molecule has 1 aromatic rings. The van der Waals surface area contributed by atoms with Crippen molar-refractivity contribution in [3.63, 3.8) is 0 Å². The fourth-order valence-corrected chi connectivity index (χ4v) is 4.45. The molecule has 2 bridgehead atoms. The number of halogens is 1. The number of hydrogen-bond donors (Lipinski definition) is 2. The van der Waals surface area contributed by atoms with E-state index in [1.165, 1.54) is 43.9 Å². The molecule has 0 aliphatic heterocycles. The second-order valence-electron chi connectivity index (χ2n) is 6.98. The number of hydrogen-bond acceptors (Lipinski definition) is 4. The largest absolute Gasteiger partial charge is 0.324 e. The van der Waals surface area contributed by atoms with Crippen LogP contribution in [0.4, 0.5) is 11.4 Å². The van der Waals surface area contributed by atoms with Crippen LogP contribution >= 0.6 is 11.6 Å². The quantitative estimate of drug-likeness (QED) is 0.605. The highest BCUT2D eigenvalue weighted by Crippen LogP contribution is 2.49.